The Balaban J connectivity index is 1.53. The number of aliphatic carboxylic acids is 1. The SMILES string of the molecule is O=C(O)C1CCCC(NC(=O)N2CC3CCC2C3)C1. The van der Waals surface area contributed by atoms with Crippen molar-refractivity contribution < 1.29 is 14.7 Å². The Morgan fingerprint density at radius 1 is 1.11 bits per heavy atom. The Labute approximate surface area is 113 Å². The fourth-order valence-electron chi connectivity index (χ4n) is 3.98. The number of urea groups is 1. The third-order valence-electron chi connectivity index (χ3n) is 5.02. The van der Waals surface area contributed by atoms with Crippen LogP contribution in [0.3, 0.4) is 0 Å². The maximum absolute atomic E-state index is 12.2. The summed E-state index contributed by atoms with van der Waals surface area (Å²) in [6.45, 7) is 0.894. The molecule has 1 heterocycles. The van der Waals surface area contributed by atoms with Crippen LogP contribution in [-0.2, 0) is 4.79 Å². The van der Waals surface area contributed by atoms with Gasteiger partial charge in [0, 0.05) is 18.6 Å². The quantitative estimate of drug-likeness (QED) is 0.801. The summed E-state index contributed by atoms with van der Waals surface area (Å²) in [5.74, 6) is -0.304. The first-order chi connectivity index (χ1) is 9.13. The van der Waals surface area contributed by atoms with Crippen molar-refractivity contribution in [1.29, 1.82) is 0 Å². The number of carbonyl (C=O) groups excluding carboxylic acids is 1. The molecule has 0 aromatic carbocycles. The molecule has 3 fully saturated rings. The molecule has 4 unspecified atom stereocenters. The maximum atomic E-state index is 12.2. The Bertz CT molecular complexity index is 385. The molecule has 4 atom stereocenters. The number of rotatable bonds is 2. The van der Waals surface area contributed by atoms with Crippen molar-refractivity contribution in [2.75, 3.05) is 6.54 Å². The van der Waals surface area contributed by atoms with Gasteiger partial charge in [-0.1, -0.05) is 6.42 Å². The average Bonchev–Trinajstić information content (AvgIpc) is 3.01. The van der Waals surface area contributed by atoms with Crippen LogP contribution in [0.1, 0.15) is 44.9 Å². The minimum atomic E-state index is -0.723. The first-order valence-electron chi connectivity index (χ1n) is 7.43. The van der Waals surface area contributed by atoms with Crippen molar-refractivity contribution in [3.8, 4) is 0 Å². The molecule has 2 amide bonds. The molecule has 5 nitrogen and oxygen atoms in total. The lowest BCUT2D eigenvalue weighted by Gasteiger charge is -2.32. The fourth-order valence-corrected chi connectivity index (χ4v) is 3.98. The summed E-state index contributed by atoms with van der Waals surface area (Å²) >= 11 is 0. The first kappa shape index (κ1) is 12.8. The predicted molar refractivity (Wildman–Crippen MR) is 69.7 cm³/mol. The van der Waals surface area contributed by atoms with Crippen LogP contribution in [0.15, 0.2) is 0 Å². The molecule has 2 aliphatic carbocycles. The van der Waals surface area contributed by atoms with E-state index in [1.807, 2.05) is 4.90 Å². The maximum Gasteiger partial charge on any atom is 0.317 e. The van der Waals surface area contributed by atoms with E-state index in [1.165, 1.54) is 6.42 Å². The summed E-state index contributed by atoms with van der Waals surface area (Å²) in [7, 11) is 0. The van der Waals surface area contributed by atoms with Gasteiger partial charge in [-0.2, -0.15) is 0 Å². The van der Waals surface area contributed by atoms with Crippen molar-refractivity contribution in [2.45, 2.75) is 57.0 Å². The van der Waals surface area contributed by atoms with Crippen molar-refractivity contribution >= 4 is 12.0 Å². The second-order valence-electron chi connectivity index (χ2n) is 6.33. The number of fused-ring (bicyclic) bond motifs is 2. The number of hydrogen-bond acceptors (Lipinski definition) is 2. The number of carboxylic acid groups (broad SMARTS) is 1. The minimum Gasteiger partial charge on any atom is -0.481 e. The molecule has 1 saturated heterocycles. The molecule has 0 aromatic rings. The third kappa shape index (κ3) is 2.55. The molecule has 3 aliphatic rings. The van der Waals surface area contributed by atoms with Gasteiger partial charge in [0.1, 0.15) is 0 Å². The zero-order valence-electron chi connectivity index (χ0n) is 11.2. The van der Waals surface area contributed by atoms with Gasteiger partial charge in [0.25, 0.3) is 0 Å². The molecule has 0 spiro atoms. The average molecular weight is 266 g/mol. The van der Waals surface area contributed by atoms with E-state index < -0.39 is 5.97 Å². The Kier molecular flexibility index (Phi) is 3.37. The van der Waals surface area contributed by atoms with E-state index >= 15 is 0 Å². The second kappa shape index (κ2) is 5.02. The van der Waals surface area contributed by atoms with Crippen molar-refractivity contribution in [2.24, 2.45) is 11.8 Å². The number of nitrogens with zero attached hydrogens (tertiary/aromatic N) is 1. The molecule has 2 N–H and O–H groups in total. The molecule has 5 heteroatoms. The van der Waals surface area contributed by atoms with Crippen molar-refractivity contribution in [1.82, 2.24) is 10.2 Å². The molecule has 1 aliphatic heterocycles. The second-order valence-corrected chi connectivity index (χ2v) is 6.33. The molecule has 19 heavy (non-hydrogen) atoms. The number of nitrogens with one attached hydrogen (secondary N) is 1. The summed E-state index contributed by atoms with van der Waals surface area (Å²) in [5.41, 5.74) is 0. The molecular formula is C14H22N2O3. The molecule has 2 saturated carbocycles. The lowest BCUT2D eigenvalue weighted by atomic mass is 9.86. The highest BCUT2D eigenvalue weighted by molar-refractivity contribution is 5.76. The Morgan fingerprint density at radius 3 is 2.58 bits per heavy atom. The van der Waals surface area contributed by atoms with Crippen LogP contribution >= 0.6 is 0 Å². The number of carbonyl (C=O) groups is 2. The summed E-state index contributed by atoms with van der Waals surface area (Å²) in [4.78, 5) is 25.2. The molecule has 0 radical (unpaired) electrons. The number of amides is 2. The summed E-state index contributed by atoms with van der Waals surface area (Å²) in [5, 5.41) is 12.1. The van der Waals surface area contributed by atoms with Gasteiger partial charge in [0.05, 0.1) is 5.92 Å². The van der Waals surface area contributed by atoms with Crippen LogP contribution in [0.25, 0.3) is 0 Å². The third-order valence-corrected chi connectivity index (χ3v) is 5.02. The van der Waals surface area contributed by atoms with Gasteiger partial charge in [-0.05, 0) is 44.4 Å². The lowest BCUT2D eigenvalue weighted by Crippen LogP contribution is -2.49. The van der Waals surface area contributed by atoms with Gasteiger partial charge < -0.3 is 15.3 Å². The van der Waals surface area contributed by atoms with Gasteiger partial charge in [0.2, 0.25) is 0 Å². The molecule has 0 aromatic heterocycles. The van der Waals surface area contributed by atoms with Gasteiger partial charge >= 0.3 is 12.0 Å². The van der Waals surface area contributed by atoms with E-state index in [0.29, 0.717) is 18.4 Å². The molecular weight excluding hydrogens is 244 g/mol. The van der Waals surface area contributed by atoms with Crippen LogP contribution in [0.5, 0.6) is 0 Å². The van der Waals surface area contributed by atoms with Gasteiger partial charge in [-0.25, -0.2) is 4.79 Å². The van der Waals surface area contributed by atoms with E-state index in [1.54, 1.807) is 0 Å². The minimum absolute atomic E-state index is 0.0308. The predicted octanol–water partition coefficient (Wildman–Crippen LogP) is 1.82. The van der Waals surface area contributed by atoms with Crippen LogP contribution < -0.4 is 5.32 Å². The standard InChI is InChI=1S/C14H22N2O3/c17-13(18)10-2-1-3-11(7-10)15-14(19)16-8-9-4-5-12(16)6-9/h9-12H,1-8H2,(H,15,19)(H,17,18). The normalized spacial score (nSPS) is 37.4. The van der Waals surface area contributed by atoms with E-state index in [9.17, 15) is 9.59 Å². The van der Waals surface area contributed by atoms with Crippen LogP contribution in [0.4, 0.5) is 4.79 Å². The summed E-state index contributed by atoms with van der Waals surface area (Å²) in [6, 6.07) is 0.508. The largest absolute Gasteiger partial charge is 0.481 e. The highest BCUT2D eigenvalue weighted by Gasteiger charge is 2.41. The summed E-state index contributed by atoms with van der Waals surface area (Å²) in [6.07, 6.45) is 6.71. The van der Waals surface area contributed by atoms with Crippen LogP contribution in [-0.4, -0.2) is 40.6 Å². The first-order valence-corrected chi connectivity index (χ1v) is 7.43. The number of piperidine rings is 1. The highest BCUT2D eigenvalue weighted by atomic mass is 16.4. The monoisotopic (exact) mass is 266 g/mol. The number of hydrogen-bond donors (Lipinski definition) is 2. The summed E-state index contributed by atoms with van der Waals surface area (Å²) < 4.78 is 0. The van der Waals surface area contributed by atoms with Gasteiger partial charge in [-0.3, -0.25) is 4.79 Å². The van der Waals surface area contributed by atoms with Crippen molar-refractivity contribution in [3.05, 3.63) is 0 Å². The van der Waals surface area contributed by atoms with Crippen LogP contribution in [0.2, 0.25) is 0 Å². The molecule has 106 valence electrons. The fraction of sp³-hybridized carbons (Fsp3) is 0.857. The van der Waals surface area contributed by atoms with Gasteiger partial charge in [0.15, 0.2) is 0 Å². The number of carboxylic acids is 1. The zero-order chi connectivity index (χ0) is 13.4. The molecule has 3 rings (SSSR count). The van der Waals surface area contributed by atoms with E-state index in [-0.39, 0.29) is 18.0 Å². The molecule has 2 bridgehead atoms. The zero-order valence-corrected chi connectivity index (χ0v) is 11.2. The van der Waals surface area contributed by atoms with E-state index in [4.69, 9.17) is 5.11 Å². The van der Waals surface area contributed by atoms with Crippen LogP contribution in [0, 0.1) is 11.8 Å². The smallest absolute Gasteiger partial charge is 0.317 e. The lowest BCUT2D eigenvalue weighted by molar-refractivity contribution is -0.143. The topological polar surface area (TPSA) is 69.6 Å². The Hall–Kier alpha value is -1.26. The van der Waals surface area contributed by atoms with Gasteiger partial charge in [-0.15, -0.1) is 0 Å². The Morgan fingerprint density at radius 2 is 1.95 bits per heavy atom. The van der Waals surface area contributed by atoms with E-state index in [0.717, 1.165) is 38.6 Å². The number of likely N-dealkylation sites (tertiary alicyclic amines) is 1. The highest BCUT2D eigenvalue weighted by Crippen LogP contribution is 2.37. The van der Waals surface area contributed by atoms with E-state index in [2.05, 4.69) is 5.32 Å². The van der Waals surface area contributed by atoms with Crippen molar-refractivity contribution in [3.63, 3.8) is 0 Å².